The number of rotatable bonds is 4. The molecule has 2 aromatic carbocycles. The fraction of sp³-hybridized carbons (Fsp3) is 0. The summed E-state index contributed by atoms with van der Waals surface area (Å²) in [5.41, 5.74) is 1.51. The molecule has 21 heavy (non-hydrogen) atoms. The van der Waals surface area contributed by atoms with Gasteiger partial charge in [0.2, 0.25) is 0 Å². The zero-order chi connectivity index (χ0) is 15.1. The largest absolute Gasteiger partial charge is 0.423 e. The third-order valence-corrected chi connectivity index (χ3v) is 2.80. The second-order valence-corrected chi connectivity index (χ2v) is 4.56. The third kappa shape index (κ3) is 4.78. The molecule has 5 heteroatoms. The van der Waals surface area contributed by atoms with Gasteiger partial charge in [-0.05, 0) is 53.6 Å². The van der Waals surface area contributed by atoms with Gasteiger partial charge in [-0.1, -0.05) is 28.9 Å². The number of hydrogen-bond acceptors (Lipinski definition) is 4. The van der Waals surface area contributed by atoms with E-state index >= 15 is 0 Å². The second kappa shape index (κ2) is 7.26. The van der Waals surface area contributed by atoms with E-state index in [4.69, 9.17) is 21.5 Å². The number of nitrogens with zero attached hydrogens (tertiary/aromatic N) is 1. The Balaban J connectivity index is 1.98. The molecule has 0 bridgehead atoms. The predicted molar refractivity (Wildman–Crippen MR) is 81.9 cm³/mol. The van der Waals surface area contributed by atoms with E-state index in [1.807, 2.05) is 6.07 Å². The maximum absolute atomic E-state index is 11.7. The van der Waals surface area contributed by atoms with Crippen LogP contribution in [0.1, 0.15) is 11.1 Å². The standard InChI is InChI=1S/C16H12ClNO3/c17-14-3-1-2-12(10-14)6-9-16(19)21-15-7-4-13(5-8-15)11-18-20/h1-11,20H/b9-6+,18-11+. The number of oxime groups is 1. The minimum atomic E-state index is -0.487. The van der Waals surface area contributed by atoms with Crippen molar-refractivity contribution in [2.75, 3.05) is 0 Å². The van der Waals surface area contributed by atoms with E-state index in [2.05, 4.69) is 5.16 Å². The molecule has 0 heterocycles. The molecular weight excluding hydrogens is 290 g/mol. The number of hydrogen-bond donors (Lipinski definition) is 1. The Hall–Kier alpha value is -2.59. The van der Waals surface area contributed by atoms with Crippen molar-refractivity contribution in [3.63, 3.8) is 0 Å². The quantitative estimate of drug-likeness (QED) is 0.233. The number of esters is 1. The fourth-order valence-corrected chi connectivity index (χ4v) is 1.81. The summed E-state index contributed by atoms with van der Waals surface area (Å²) in [6.45, 7) is 0. The number of carbonyl (C=O) groups is 1. The van der Waals surface area contributed by atoms with Gasteiger partial charge >= 0.3 is 5.97 Å². The van der Waals surface area contributed by atoms with Crippen LogP contribution in [0.4, 0.5) is 0 Å². The lowest BCUT2D eigenvalue weighted by Crippen LogP contribution is -2.03. The predicted octanol–water partition coefficient (Wildman–Crippen LogP) is 3.77. The van der Waals surface area contributed by atoms with Crippen LogP contribution in [0, 0.1) is 0 Å². The molecule has 0 atom stereocenters. The van der Waals surface area contributed by atoms with Crippen molar-refractivity contribution < 1.29 is 14.7 Å². The summed E-state index contributed by atoms with van der Waals surface area (Å²) in [6, 6.07) is 13.7. The van der Waals surface area contributed by atoms with E-state index in [1.54, 1.807) is 48.5 Å². The van der Waals surface area contributed by atoms with E-state index in [0.29, 0.717) is 16.3 Å². The third-order valence-electron chi connectivity index (χ3n) is 2.57. The molecule has 0 spiro atoms. The highest BCUT2D eigenvalue weighted by molar-refractivity contribution is 6.30. The van der Waals surface area contributed by atoms with Crippen LogP contribution in [0.2, 0.25) is 5.02 Å². The lowest BCUT2D eigenvalue weighted by molar-refractivity contribution is -0.128. The zero-order valence-corrected chi connectivity index (χ0v) is 11.7. The first-order valence-electron chi connectivity index (χ1n) is 6.10. The highest BCUT2D eigenvalue weighted by Crippen LogP contribution is 2.13. The average molecular weight is 302 g/mol. The van der Waals surface area contributed by atoms with Gasteiger partial charge in [0.15, 0.2) is 0 Å². The molecule has 0 aliphatic rings. The number of halogens is 1. The number of benzene rings is 2. The molecule has 0 radical (unpaired) electrons. The smallest absolute Gasteiger partial charge is 0.336 e. The summed E-state index contributed by atoms with van der Waals surface area (Å²) >= 11 is 5.85. The molecule has 106 valence electrons. The maximum atomic E-state index is 11.7. The summed E-state index contributed by atoms with van der Waals surface area (Å²) in [7, 11) is 0. The summed E-state index contributed by atoms with van der Waals surface area (Å²) in [4.78, 5) is 11.7. The molecule has 0 aliphatic carbocycles. The van der Waals surface area contributed by atoms with Crippen LogP contribution in [0.3, 0.4) is 0 Å². The van der Waals surface area contributed by atoms with Crippen LogP contribution in [0.25, 0.3) is 6.08 Å². The first kappa shape index (κ1) is 14.8. The van der Waals surface area contributed by atoms with Gasteiger partial charge in [-0.3, -0.25) is 0 Å². The molecule has 0 unspecified atom stereocenters. The first-order chi connectivity index (χ1) is 10.2. The minimum Gasteiger partial charge on any atom is -0.423 e. The Bertz CT molecular complexity index is 678. The van der Waals surface area contributed by atoms with Gasteiger partial charge in [0.05, 0.1) is 6.21 Å². The van der Waals surface area contributed by atoms with E-state index in [-0.39, 0.29) is 0 Å². The van der Waals surface area contributed by atoms with E-state index in [0.717, 1.165) is 5.56 Å². The number of ether oxygens (including phenoxy) is 1. The van der Waals surface area contributed by atoms with Gasteiger partial charge in [0.1, 0.15) is 5.75 Å². The van der Waals surface area contributed by atoms with E-state index < -0.39 is 5.97 Å². The highest BCUT2D eigenvalue weighted by atomic mass is 35.5. The van der Waals surface area contributed by atoms with E-state index in [9.17, 15) is 4.79 Å². The van der Waals surface area contributed by atoms with Crippen molar-refractivity contribution >= 4 is 29.9 Å². The molecule has 0 saturated heterocycles. The first-order valence-corrected chi connectivity index (χ1v) is 6.48. The molecule has 0 aromatic heterocycles. The summed E-state index contributed by atoms with van der Waals surface area (Å²) < 4.78 is 5.13. The van der Waals surface area contributed by atoms with Crippen LogP contribution < -0.4 is 4.74 Å². The van der Waals surface area contributed by atoms with Gasteiger partial charge < -0.3 is 9.94 Å². The molecular formula is C16H12ClNO3. The van der Waals surface area contributed by atoms with Crippen LogP contribution in [0.5, 0.6) is 5.75 Å². The maximum Gasteiger partial charge on any atom is 0.336 e. The van der Waals surface area contributed by atoms with Gasteiger partial charge in [-0.2, -0.15) is 0 Å². The van der Waals surface area contributed by atoms with Crippen LogP contribution in [-0.2, 0) is 4.79 Å². The minimum absolute atomic E-state index is 0.408. The van der Waals surface area contributed by atoms with Gasteiger partial charge in [-0.15, -0.1) is 0 Å². The van der Waals surface area contributed by atoms with Crippen molar-refractivity contribution in [1.82, 2.24) is 0 Å². The van der Waals surface area contributed by atoms with Crippen molar-refractivity contribution in [1.29, 1.82) is 0 Å². The van der Waals surface area contributed by atoms with Gasteiger partial charge in [0, 0.05) is 11.1 Å². The van der Waals surface area contributed by atoms with E-state index in [1.165, 1.54) is 12.3 Å². The zero-order valence-electron chi connectivity index (χ0n) is 10.9. The fourth-order valence-electron chi connectivity index (χ4n) is 1.61. The Morgan fingerprint density at radius 2 is 1.90 bits per heavy atom. The highest BCUT2D eigenvalue weighted by Gasteiger charge is 2.00. The molecule has 0 saturated carbocycles. The molecule has 2 rings (SSSR count). The lowest BCUT2D eigenvalue weighted by Gasteiger charge is -2.01. The number of carbonyl (C=O) groups excluding carboxylic acids is 1. The van der Waals surface area contributed by atoms with Crippen molar-refractivity contribution in [3.8, 4) is 5.75 Å². The van der Waals surface area contributed by atoms with Crippen LogP contribution in [-0.4, -0.2) is 17.4 Å². The van der Waals surface area contributed by atoms with Gasteiger partial charge in [0.25, 0.3) is 0 Å². The molecule has 4 nitrogen and oxygen atoms in total. The second-order valence-electron chi connectivity index (χ2n) is 4.12. The topological polar surface area (TPSA) is 58.9 Å². The molecule has 2 aromatic rings. The Kier molecular flexibility index (Phi) is 5.12. The molecule has 0 fully saturated rings. The monoisotopic (exact) mass is 301 g/mol. The van der Waals surface area contributed by atoms with Crippen molar-refractivity contribution in [3.05, 3.63) is 70.8 Å². The molecule has 0 amide bonds. The van der Waals surface area contributed by atoms with Gasteiger partial charge in [-0.25, -0.2) is 4.79 Å². The Morgan fingerprint density at radius 1 is 1.14 bits per heavy atom. The SMILES string of the molecule is O=C(/C=C/c1cccc(Cl)c1)Oc1ccc(/C=N/O)cc1. The Morgan fingerprint density at radius 3 is 2.57 bits per heavy atom. The van der Waals surface area contributed by atoms with Crippen molar-refractivity contribution in [2.45, 2.75) is 0 Å². The van der Waals surface area contributed by atoms with Crippen LogP contribution in [0.15, 0.2) is 59.8 Å². The normalized spacial score (nSPS) is 11.1. The van der Waals surface area contributed by atoms with Crippen LogP contribution >= 0.6 is 11.6 Å². The lowest BCUT2D eigenvalue weighted by atomic mass is 10.2. The summed E-state index contributed by atoms with van der Waals surface area (Å²) in [5.74, 6) is -0.0793. The van der Waals surface area contributed by atoms with Crippen molar-refractivity contribution in [2.24, 2.45) is 5.16 Å². The summed E-state index contributed by atoms with van der Waals surface area (Å²) in [5, 5.41) is 11.9. The molecule has 0 aliphatic heterocycles. The Labute approximate surface area is 126 Å². The molecule has 1 N–H and O–H groups in total. The summed E-state index contributed by atoms with van der Waals surface area (Å²) in [6.07, 6.45) is 4.24. The average Bonchev–Trinajstić information content (AvgIpc) is 2.48.